The molecular formula is C27H37IN4O2. The van der Waals surface area contributed by atoms with Crippen LogP contribution in [0.1, 0.15) is 48.8 Å². The second-order valence-corrected chi connectivity index (χ2v) is 9.07. The molecule has 0 radical (unpaired) electrons. The lowest BCUT2D eigenvalue weighted by Gasteiger charge is -2.21. The summed E-state index contributed by atoms with van der Waals surface area (Å²) < 4.78 is 5.95. The van der Waals surface area contributed by atoms with Crippen molar-refractivity contribution < 1.29 is 9.53 Å². The van der Waals surface area contributed by atoms with Crippen molar-refractivity contribution in [3.05, 3.63) is 71.3 Å². The highest BCUT2D eigenvalue weighted by molar-refractivity contribution is 14.0. The van der Waals surface area contributed by atoms with Gasteiger partial charge in [0.2, 0.25) is 5.91 Å². The van der Waals surface area contributed by atoms with Crippen molar-refractivity contribution in [2.75, 3.05) is 20.1 Å². The molecule has 4 rings (SSSR count). The summed E-state index contributed by atoms with van der Waals surface area (Å²) in [5, 5.41) is 6.95. The Kier molecular flexibility index (Phi) is 10.7. The number of guanidine groups is 1. The van der Waals surface area contributed by atoms with E-state index in [1.165, 1.54) is 29.5 Å². The normalized spacial score (nSPS) is 18.6. The van der Waals surface area contributed by atoms with Crippen molar-refractivity contribution in [1.82, 2.24) is 15.5 Å². The first-order valence-electron chi connectivity index (χ1n) is 12.2. The zero-order valence-electron chi connectivity index (χ0n) is 20.0. The van der Waals surface area contributed by atoms with Crippen LogP contribution in [-0.2, 0) is 29.3 Å². The van der Waals surface area contributed by atoms with E-state index in [-0.39, 0.29) is 35.9 Å². The van der Waals surface area contributed by atoms with Gasteiger partial charge in [-0.2, -0.15) is 0 Å². The van der Waals surface area contributed by atoms with E-state index in [0.29, 0.717) is 25.7 Å². The Labute approximate surface area is 220 Å². The molecule has 0 aromatic heterocycles. The lowest BCUT2D eigenvalue weighted by molar-refractivity contribution is -0.134. The van der Waals surface area contributed by atoms with Crippen LogP contribution in [0.4, 0.5) is 0 Å². The number of hydrogen-bond donors (Lipinski definition) is 2. The number of likely N-dealkylation sites (tertiary alicyclic amines) is 1. The number of nitrogens with one attached hydrogen (secondary N) is 2. The van der Waals surface area contributed by atoms with Crippen molar-refractivity contribution in [2.45, 2.75) is 57.9 Å². The Hall–Kier alpha value is -2.13. The maximum atomic E-state index is 12.7. The second-order valence-electron chi connectivity index (χ2n) is 9.07. The summed E-state index contributed by atoms with van der Waals surface area (Å²) in [6, 6.07) is 18.8. The third-order valence-electron chi connectivity index (χ3n) is 6.70. The zero-order valence-corrected chi connectivity index (χ0v) is 22.4. The Morgan fingerprint density at radius 2 is 1.71 bits per heavy atom. The predicted molar refractivity (Wildman–Crippen MR) is 147 cm³/mol. The van der Waals surface area contributed by atoms with Gasteiger partial charge in [0.25, 0.3) is 0 Å². The minimum atomic E-state index is 0. The standard InChI is InChI=1S/C27H36N4O2.HI/c1-28-27(30-25-15-16-31(18-25)26(32)22-11-5-6-12-22)29-17-23-13-7-8-14-24(23)20-33-19-21-9-3-2-4-10-21;/h2-4,7-10,13-14,22,25H,5-6,11-12,15-20H2,1H3,(H2,28,29,30);1H. The summed E-state index contributed by atoms with van der Waals surface area (Å²) >= 11 is 0. The van der Waals surface area contributed by atoms with Crippen LogP contribution in [0.2, 0.25) is 0 Å². The van der Waals surface area contributed by atoms with E-state index in [9.17, 15) is 4.79 Å². The summed E-state index contributed by atoms with van der Waals surface area (Å²) in [4.78, 5) is 19.2. The van der Waals surface area contributed by atoms with Crippen molar-refractivity contribution in [2.24, 2.45) is 10.9 Å². The van der Waals surface area contributed by atoms with Crippen molar-refractivity contribution in [3.63, 3.8) is 0 Å². The van der Waals surface area contributed by atoms with Gasteiger partial charge in [0, 0.05) is 38.6 Å². The number of carbonyl (C=O) groups excluding carboxylic acids is 1. The van der Waals surface area contributed by atoms with Crippen LogP contribution in [0.15, 0.2) is 59.6 Å². The monoisotopic (exact) mass is 576 g/mol. The van der Waals surface area contributed by atoms with Gasteiger partial charge in [-0.3, -0.25) is 9.79 Å². The summed E-state index contributed by atoms with van der Waals surface area (Å²) in [7, 11) is 1.79. The molecule has 2 fully saturated rings. The van der Waals surface area contributed by atoms with Gasteiger partial charge in [-0.15, -0.1) is 24.0 Å². The third kappa shape index (κ3) is 7.43. The van der Waals surface area contributed by atoms with Gasteiger partial charge in [-0.05, 0) is 36.0 Å². The van der Waals surface area contributed by atoms with E-state index in [1.807, 2.05) is 29.2 Å². The third-order valence-corrected chi connectivity index (χ3v) is 6.70. The molecule has 7 heteroatoms. The van der Waals surface area contributed by atoms with Gasteiger partial charge in [0.05, 0.1) is 13.2 Å². The smallest absolute Gasteiger partial charge is 0.225 e. The Morgan fingerprint density at radius 3 is 2.44 bits per heavy atom. The molecule has 0 bridgehead atoms. The SMILES string of the molecule is CN=C(NCc1ccccc1COCc1ccccc1)NC1CCN(C(=O)C2CCCC2)C1.I. The number of rotatable bonds is 8. The number of amides is 1. The molecule has 1 saturated carbocycles. The van der Waals surface area contributed by atoms with Crippen LogP contribution in [0.5, 0.6) is 0 Å². The lowest BCUT2D eigenvalue weighted by Crippen LogP contribution is -2.45. The summed E-state index contributed by atoms with van der Waals surface area (Å²) in [5.41, 5.74) is 3.54. The summed E-state index contributed by atoms with van der Waals surface area (Å²) in [5.74, 6) is 1.38. The molecule has 34 heavy (non-hydrogen) atoms. The highest BCUT2D eigenvalue weighted by Gasteiger charge is 2.32. The summed E-state index contributed by atoms with van der Waals surface area (Å²) in [6.45, 7) is 3.44. The van der Waals surface area contributed by atoms with Crippen molar-refractivity contribution in [3.8, 4) is 0 Å². The molecule has 2 N–H and O–H groups in total. The van der Waals surface area contributed by atoms with Gasteiger partial charge in [-0.1, -0.05) is 67.4 Å². The van der Waals surface area contributed by atoms with E-state index in [2.05, 4.69) is 46.0 Å². The average Bonchev–Trinajstić information content (AvgIpc) is 3.55. The molecule has 2 aliphatic rings. The number of carbonyl (C=O) groups is 1. The number of ether oxygens (including phenoxy) is 1. The van der Waals surface area contributed by atoms with Crippen LogP contribution in [0.25, 0.3) is 0 Å². The highest BCUT2D eigenvalue weighted by Crippen LogP contribution is 2.27. The van der Waals surface area contributed by atoms with Gasteiger partial charge < -0.3 is 20.3 Å². The molecule has 1 unspecified atom stereocenters. The van der Waals surface area contributed by atoms with Crippen LogP contribution < -0.4 is 10.6 Å². The lowest BCUT2D eigenvalue weighted by atomic mass is 10.1. The Balaban J connectivity index is 0.00000324. The van der Waals surface area contributed by atoms with Gasteiger partial charge in [-0.25, -0.2) is 0 Å². The topological polar surface area (TPSA) is 66.0 Å². The molecule has 1 atom stereocenters. The van der Waals surface area contributed by atoms with E-state index >= 15 is 0 Å². The molecule has 1 heterocycles. The minimum Gasteiger partial charge on any atom is -0.372 e. The fraction of sp³-hybridized carbons (Fsp3) is 0.481. The largest absolute Gasteiger partial charge is 0.372 e. The zero-order chi connectivity index (χ0) is 22.9. The van der Waals surface area contributed by atoms with E-state index in [4.69, 9.17) is 4.74 Å². The molecule has 1 aliphatic carbocycles. The Morgan fingerprint density at radius 1 is 1.00 bits per heavy atom. The number of aliphatic imine (C=N–C) groups is 1. The minimum absolute atomic E-state index is 0. The molecule has 2 aromatic carbocycles. The molecule has 2 aromatic rings. The fourth-order valence-electron chi connectivity index (χ4n) is 4.80. The average molecular weight is 577 g/mol. The van der Waals surface area contributed by atoms with Gasteiger partial charge >= 0.3 is 0 Å². The van der Waals surface area contributed by atoms with Crippen molar-refractivity contribution >= 4 is 35.8 Å². The molecule has 184 valence electrons. The van der Waals surface area contributed by atoms with Crippen LogP contribution >= 0.6 is 24.0 Å². The highest BCUT2D eigenvalue weighted by atomic mass is 127. The first-order valence-corrected chi connectivity index (χ1v) is 12.2. The maximum absolute atomic E-state index is 12.7. The first kappa shape index (κ1) is 26.5. The predicted octanol–water partition coefficient (Wildman–Crippen LogP) is 4.48. The quantitative estimate of drug-likeness (QED) is 0.277. The molecule has 1 amide bonds. The number of halogens is 1. The fourth-order valence-corrected chi connectivity index (χ4v) is 4.80. The number of hydrogen-bond acceptors (Lipinski definition) is 3. The molecule has 1 aliphatic heterocycles. The molecule has 6 nitrogen and oxygen atoms in total. The molecular weight excluding hydrogens is 539 g/mol. The van der Waals surface area contributed by atoms with Crippen LogP contribution in [0.3, 0.4) is 0 Å². The van der Waals surface area contributed by atoms with E-state index < -0.39 is 0 Å². The molecule has 0 spiro atoms. The van der Waals surface area contributed by atoms with E-state index in [0.717, 1.165) is 38.3 Å². The van der Waals surface area contributed by atoms with E-state index in [1.54, 1.807) is 7.05 Å². The maximum Gasteiger partial charge on any atom is 0.225 e. The second kappa shape index (κ2) is 13.7. The van der Waals surface area contributed by atoms with Crippen LogP contribution in [-0.4, -0.2) is 42.9 Å². The molecule has 1 saturated heterocycles. The number of nitrogens with zero attached hydrogens (tertiary/aromatic N) is 2. The Bertz CT molecular complexity index is 931. The van der Waals surface area contributed by atoms with Gasteiger partial charge in [0.1, 0.15) is 0 Å². The van der Waals surface area contributed by atoms with Crippen LogP contribution in [0, 0.1) is 5.92 Å². The van der Waals surface area contributed by atoms with Gasteiger partial charge in [0.15, 0.2) is 5.96 Å². The van der Waals surface area contributed by atoms with Crippen molar-refractivity contribution in [1.29, 1.82) is 0 Å². The number of benzene rings is 2. The first-order chi connectivity index (χ1) is 16.2. The summed E-state index contributed by atoms with van der Waals surface area (Å²) in [6.07, 6.45) is 5.47.